The Morgan fingerprint density at radius 2 is 1.62 bits per heavy atom. The Morgan fingerprint density at radius 1 is 1.03 bits per heavy atom. The van der Waals surface area contributed by atoms with Crippen molar-refractivity contribution in [1.29, 1.82) is 0 Å². The molecule has 1 saturated heterocycles. The Bertz CT molecular complexity index is 931. The first-order chi connectivity index (χ1) is 14.0. The molecule has 0 saturated carbocycles. The molecule has 2 aliphatic rings. The quantitative estimate of drug-likeness (QED) is 0.745. The second-order valence-electron chi connectivity index (χ2n) is 7.07. The predicted octanol–water partition coefficient (Wildman–Crippen LogP) is 0.752. The predicted molar refractivity (Wildman–Crippen MR) is 103 cm³/mol. The van der Waals surface area contributed by atoms with Gasteiger partial charge in [-0.15, -0.1) is 0 Å². The first-order valence-electron chi connectivity index (χ1n) is 9.27. The van der Waals surface area contributed by atoms with Crippen molar-refractivity contribution in [2.24, 2.45) is 5.73 Å². The van der Waals surface area contributed by atoms with Gasteiger partial charge in [-0.3, -0.25) is 14.4 Å². The largest absolute Gasteiger partial charge is 0.457 e. The van der Waals surface area contributed by atoms with Crippen LogP contribution in [0.5, 0.6) is 11.5 Å². The fourth-order valence-corrected chi connectivity index (χ4v) is 3.93. The fourth-order valence-electron chi connectivity index (χ4n) is 3.93. The summed E-state index contributed by atoms with van der Waals surface area (Å²) in [5, 5.41) is 2.99. The lowest BCUT2D eigenvalue weighted by molar-refractivity contribution is -0.143. The van der Waals surface area contributed by atoms with Crippen molar-refractivity contribution in [2.75, 3.05) is 20.2 Å². The first kappa shape index (κ1) is 18.9. The summed E-state index contributed by atoms with van der Waals surface area (Å²) in [6, 6.07) is 14.3. The van der Waals surface area contributed by atoms with Gasteiger partial charge in [-0.1, -0.05) is 36.4 Å². The molecule has 8 nitrogen and oxygen atoms in total. The van der Waals surface area contributed by atoms with Gasteiger partial charge in [0.15, 0.2) is 0 Å². The third kappa shape index (κ3) is 3.42. The lowest BCUT2D eigenvalue weighted by atomic mass is 9.87. The van der Waals surface area contributed by atoms with Crippen LogP contribution in [0.3, 0.4) is 0 Å². The summed E-state index contributed by atoms with van der Waals surface area (Å²) in [5.74, 6) is -1.34. The zero-order valence-corrected chi connectivity index (χ0v) is 15.8. The van der Waals surface area contributed by atoms with Crippen LogP contribution in [0, 0.1) is 0 Å². The number of nitrogens with zero attached hydrogens (tertiary/aromatic N) is 1. The van der Waals surface area contributed by atoms with Crippen molar-refractivity contribution in [2.45, 2.75) is 18.1 Å². The molecule has 4 rings (SSSR count). The van der Waals surface area contributed by atoms with Gasteiger partial charge in [0, 0.05) is 31.3 Å². The van der Waals surface area contributed by atoms with Crippen molar-refractivity contribution in [3.63, 3.8) is 0 Å². The van der Waals surface area contributed by atoms with Crippen LogP contribution in [0.15, 0.2) is 48.5 Å². The minimum Gasteiger partial charge on any atom is -0.457 e. The Kier molecular flexibility index (Phi) is 4.94. The van der Waals surface area contributed by atoms with Gasteiger partial charge in [0.2, 0.25) is 5.91 Å². The summed E-state index contributed by atoms with van der Waals surface area (Å²) < 4.78 is 11.4. The number of fused-ring (bicyclic) bond motifs is 2. The molecule has 0 aliphatic carbocycles. The molecule has 0 radical (unpaired) electrons. The van der Waals surface area contributed by atoms with E-state index in [0.29, 0.717) is 11.5 Å². The maximum atomic E-state index is 13.3. The fraction of sp³-hybridized carbons (Fsp3) is 0.286. The zero-order valence-electron chi connectivity index (χ0n) is 15.8. The van der Waals surface area contributed by atoms with Crippen LogP contribution in [0.1, 0.15) is 17.0 Å². The smallest absolute Gasteiger partial charge is 0.311 e. The molecule has 2 aromatic carbocycles. The summed E-state index contributed by atoms with van der Waals surface area (Å²) in [5.41, 5.74) is 6.63. The van der Waals surface area contributed by atoms with Crippen molar-refractivity contribution in [3.05, 3.63) is 59.7 Å². The molecule has 29 heavy (non-hydrogen) atoms. The molecule has 2 aliphatic heterocycles. The molecule has 3 N–H and O–H groups in total. The Morgan fingerprint density at radius 3 is 2.17 bits per heavy atom. The van der Waals surface area contributed by atoms with Gasteiger partial charge in [-0.25, -0.2) is 0 Å². The highest BCUT2D eigenvalue weighted by Gasteiger charge is 2.40. The summed E-state index contributed by atoms with van der Waals surface area (Å²) in [6.07, 6.45) is -0.437. The molecular formula is C21H21N3O5. The monoisotopic (exact) mass is 395 g/mol. The van der Waals surface area contributed by atoms with Crippen LogP contribution in [0.4, 0.5) is 0 Å². The van der Waals surface area contributed by atoms with Gasteiger partial charge in [-0.05, 0) is 12.1 Å². The number of primary amides is 1. The number of methoxy groups -OCH3 is 1. The van der Waals surface area contributed by atoms with Crippen LogP contribution >= 0.6 is 0 Å². The van der Waals surface area contributed by atoms with Gasteiger partial charge in [0.25, 0.3) is 0 Å². The number of ether oxygens (including phenoxy) is 2. The molecule has 3 amide bonds. The Balaban J connectivity index is 1.60. The molecule has 2 aromatic rings. The van der Waals surface area contributed by atoms with E-state index >= 15 is 0 Å². The second kappa shape index (κ2) is 7.56. The molecule has 0 unspecified atom stereocenters. The average molecular weight is 395 g/mol. The van der Waals surface area contributed by atoms with Crippen LogP contribution in [-0.2, 0) is 19.1 Å². The van der Waals surface area contributed by atoms with E-state index in [0.717, 1.165) is 11.1 Å². The van der Waals surface area contributed by atoms with Crippen molar-refractivity contribution in [3.8, 4) is 11.5 Å². The van der Waals surface area contributed by atoms with E-state index in [1.54, 1.807) is 0 Å². The third-order valence-electron chi connectivity index (χ3n) is 5.34. The van der Waals surface area contributed by atoms with E-state index in [2.05, 4.69) is 5.32 Å². The van der Waals surface area contributed by atoms with Crippen LogP contribution < -0.4 is 15.8 Å². The number of amides is 3. The van der Waals surface area contributed by atoms with Crippen LogP contribution in [0.2, 0.25) is 0 Å². The maximum Gasteiger partial charge on any atom is 0.311 e. The van der Waals surface area contributed by atoms with Crippen LogP contribution in [-0.4, -0.2) is 55.0 Å². The molecule has 2 heterocycles. The maximum absolute atomic E-state index is 13.3. The number of carbonyl (C=O) groups excluding carboxylic acids is 3. The molecule has 0 aromatic heterocycles. The highest BCUT2D eigenvalue weighted by atomic mass is 16.5. The van der Waals surface area contributed by atoms with Crippen LogP contribution in [0.25, 0.3) is 0 Å². The SMILES string of the molecule is CO[C@@H]1CN(C(=O)C(N)=O)C[C@H]1NC(=O)C1c2ccccc2Oc2ccccc21. The standard InChI is InChI=1S/C21H21N3O5/c1-28-17-11-24(21(27)19(22)25)10-14(17)23-20(26)18-12-6-2-4-8-15(12)29-16-9-5-3-7-13(16)18/h2-9,14,17-18H,10-11H2,1H3,(H2,22,25)(H,23,26)/t14-,17-/m1/s1. The number of likely N-dealkylation sites (tertiary alicyclic amines) is 1. The number of nitrogens with two attached hydrogens (primary N) is 1. The average Bonchev–Trinajstić information content (AvgIpc) is 3.13. The van der Waals surface area contributed by atoms with E-state index in [4.69, 9.17) is 15.2 Å². The van der Waals surface area contributed by atoms with Crippen molar-refractivity contribution < 1.29 is 23.9 Å². The number of benzene rings is 2. The summed E-state index contributed by atoms with van der Waals surface area (Å²) in [6.45, 7) is 0.336. The van der Waals surface area contributed by atoms with Gasteiger partial charge in [0.1, 0.15) is 11.5 Å². The Hall–Kier alpha value is -3.39. The normalized spacial score (nSPS) is 20.4. The van der Waals surface area contributed by atoms with Crippen molar-refractivity contribution >= 4 is 17.7 Å². The molecular weight excluding hydrogens is 374 g/mol. The molecule has 0 bridgehead atoms. The number of hydrogen-bond donors (Lipinski definition) is 2. The van der Waals surface area contributed by atoms with Gasteiger partial charge < -0.3 is 25.4 Å². The molecule has 0 spiro atoms. The minimum absolute atomic E-state index is 0.151. The second-order valence-corrected chi connectivity index (χ2v) is 7.07. The lowest BCUT2D eigenvalue weighted by Gasteiger charge is -2.29. The van der Waals surface area contributed by atoms with E-state index < -0.39 is 29.9 Å². The third-order valence-corrected chi connectivity index (χ3v) is 5.34. The number of nitrogens with one attached hydrogen (secondary N) is 1. The molecule has 1 fully saturated rings. The van der Waals surface area contributed by atoms with Gasteiger partial charge in [0.05, 0.1) is 18.1 Å². The summed E-state index contributed by atoms with van der Waals surface area (Å²) in [7, 11) is 1.50. The van der Waals surface area contributed by atoms with Crippen molar-refractivity contribution in [1.82, 2.24) is 10.2 Å². The number of carbonyl (C=O) groups is 3. The van der Waals surface area contributed by atoms with E-state index in [-0.39, 0.29) is 19.0 Å². The van der Waals surface area contributed by atoms with Gasteiger partial charge >= 0.3 is 11.8 Å². The highest BCUT2D eigenvalue weighted by molar-refractivity contribution is 6.34. The summed E-state index contributed by atoms with van der Waals surface area (Å²) in [4.78, 5) is 37.8. The molecule has 150 valence electrons. The number of hydrogen-bond acceptors (Lipinski definition) is 5. The number of para-hydroxylation sites is 2. The molecule has 2 atom stereocenters. The molecule has 8 heteroatoms. The van der Waals surface area contributed by atoms with Gasteiger partial charge in [-0.2, -0.15) is 0 Å². The lowest BCUT2D eigenvalue weighted by Crippen LogP contribution is -2.46. The first-order valence-corrected chi connectivity index (χ1v) is 9.27. The Labute approximate surface area is 167 Å². The van der Waals surface area contributed by atoms with E-state index in [1.807, 2.05) is 48.5 Å². The highest BCUT2D eigenvalue weighted by Crippen LogP contribution is 2.44. The number of rotatable bonds is 3. The minimum atomic E-state index is -1.03. The van der Waals surface area contributed by atoms with E-state index in [9.17, 15) is 14.4 Å². The van der Waals surface area contributed by atoms with E-state index in [1.165, 1.54) is 12.0 Å². The zero-order chi connectivity index (χ0) is 20.5. The topological polar surface area (TPSA) is 111 Å². The summed E-state index contributed by atoms with van der Waals surface area (Å²) >= 11 is 0.